The largest absolute Gasteiger partial charge is 0.473 e. The van der Waals surface area contributed by atoms with Crippen LogP contribution < -0.4 is 0 Å². The molecule has 0 aromatic heterocycles. The molecule has 0 bridgehead atoms. The highest BCUT2D eigenvalue weighted by Gasteiger charge is 2.04. The topological polar surface area (TPSA) is 77.8 Å². The highest BCUT2D eigenvalue weighted by Crippen LogP contribution is 2.02. The van der Waals surface area contributed by atoms with E-state index in [1.54, 1.807) is 0 Å². The standard InChI is InChI=1S/C15H23N.C2H2O4/c1-3-5-13-16(4-2)14-9-12-15-10-7-6-8-11-15;3-1(4)2(5)6/h6-12H,3-5,13-14H2,1-2H3;(H,3,4)(H,5,6)/b12-9+;. The molecule has 0 aliphatic heterocycles. The van der Waals surface area contributed by atoms with Crippen LogP contribution in [0, 0.1) is 0 Å². The van der Waals surface area contributed by atoms with Gasteiger partial charge in [-0.05, 0) is 25.1 Å². The molecule has 122 valence electrons. The molecule has 5 nitrogen and oxygen atoms in total. The second kappa shape index (κ2) is 12.6. The van der Waals surface area contributed by atoms with Gasteiger partial charge in [-0.15, -0.1) is 0 Å². The zero-order valence-electron chi connectivity index (χ0n) is 13.2. The van der Waals surface area contributed by atoms with E-state index in [1.165, 1.54) is 24.9 Å². The number of carboxylic acids is 2. The summed E-state index contributed by atoms with van der Waals surface area (Å²) < 4.78 is 0. The van der Waals surface area contributed by atoms with Crippen LogP contribution in [-0.2, 0) is 9.59 Å². The van der Waals surface area contributed by atoms with Gasteiger partial charge in [0.15, 0.2) is 0 Å². The molecule has 0 fully saturated rings. The Labute approximate surface area is 131 Å². The molecule has 1 aromatic carbocycles. The monoisotopic (exact) mass is 307 g/mol. The molecule has 5 heteroatoms. The Kier molecular flexibility index (Phi) is 11.4. The first-order chi connectivity index (χ1) is 10.5. The quantitative estimate of drug-likeness (QED) is 0.757. The molecule has 22 heavy (non-hydrogen) atoms. The molecule has 0 aliphatic rings. The molecule has 0 radical (unpaired) electrons. The number of rotatable bonds is 7. The number of carbonyl (C=O) groups is 2. The lowest BCUT2D eigenvalue weighted by Crippen LogP contribution is -2.24. The van der Waals surface area contributed by atoms with Crippen molar-refractivity contribution >= 4 is 18.0 Å². The summed E-state index contributed by atoms with van der Waals surface area (Å²) in [6.07, 6.45) is 7.04. The van der Waals surface area contributed by atoms with E-state index in [-0.39, 0.29) is 0 Å². The van der Waals surface area contributed by atoms with Gasteiger partial charge in [0.2, 0.25) is 0 Å². The molecule has 0 unspecified atom stereocenters. The predicted octanol–water partition coefficient (Wildman–Crippen LogP) is 2.98. The summed E-state index contributed by atoms with van der Waals surface area (Å²) in [5.41, 5.74) is 1.29. The van der Waals surface area contributed by atoms with Crippen LogP contribution in [0.15, 0.2) is 36.4 Å². The third-order valence-electron chi connectivity index (χ3n) is 2.93. The van der Waals surface area contributed by atoms with Crippen LogP contribution in [-0.4, -0.2) is 46.7 Å². The first kappa shape index (κ1) is 19.9. The van der Waals surface area contributed by atoms with Crippen molar-refractivity contribution < 1.29 is 19.8 Å². The van der Waals surface area contributed by atoms with Crippen molar-refractivity contribution in [3.63, 3.8) is 0 Å². The van der Waals surface area contributed by atoms with E-state index in [4.69, 9.17) is 19.8 Å². The molecule has 1 rings (SSSR count). The van der Waals surface area contributed by atoms with Crippen molar-refractivity contribution in [2.75, 3.05) is 19.6 Å². The minimum atomic E-state index is -1.82. The van der Waals surface area contributed by atoms with E-state index in [9.17, 15) is 0 Å². The highest BCUT2D eigenvalue weighted by molar-refractivity contribution is 6.27. The van der Waals surface area contributed by atoms with E-state index >= 15 is 0 Å². The van der Waals surface area contributed by atoms with Gasteiger partial charge < -0.3 is 10.2 Å². The molecular weight excluding hydrogens is 282 g/mol. The summed E-state index contributed by atoms with van der Waals surface area (Å²) in [5, 5.41) is 14.8. The Bertz CT molecular complexity index is 445. The Balaban J connectivity index is 0.000000626. The second-order valence-corrected chi connectivity index (χ2v) is 4.67. The van der Waals surface area contributed by atoms with Gasteiger partial charge in [0.1, 0.15) is 0 Å². The van der Waals surface area contributed by atoms with E-state index in [1.807, 2.05) is 0 Å². The fourth-order valence-corrected chi connectivity index (χ4v) is 1.66. The van der Waals surface area contributed by atoms with Crippen LogP contribution in [0.2, 0.25) is 0 Å². The van der Waals surface area contributed by atoms with Gasteiger partial charge in [-0.1, -0.05) is 62.8 Å². The minimum Gasteiger partial charge on any atom is -0.473 e. The Morgan fingerprint density at radius 3 is 2.14 bits per heavy atom. The second-order valence-electron chi connectivity index (χ2n) is 4.67. The Morgan fingerprint density at radius 2 is 1.68 bits per heavy atom. The van der Waals surface area contributed by atoms with Crippen molar-refractivity contribution in [3.8, 4) is 0 Å². The van der Waals surface area contributed by atoms with Gasteiger partial charge >= 0.3 is 11.9 Å². The Hall–Kier alpha value is -2.14. The Morgan fingerprint density at radius 1 is 1.09 bits per heavy atom. The molecule has 0 atom stereocenters. The van der Waals surface area contributed by atoms with Crippen LogP contribution in [0.3, 0.4) is 0 Å². The van der Waals surface area contributed by atoms with Crippen LogP contribution in [0.5, 0.6) is 0 Å². The van der Waals surface area contributed by atoms with Crippen LogP contribution in [0.1, 0.15) is 32.3 Å². The smallest absolute Gasteiger partial charge is 0.414 e. The van der Waals surface area contributed by atoms with Gasteiger partial charge in [-0.2, -0.15) is 0 Å². The number of benzene rings is 1. The molecule has 0 heterocycles. The molecule has 0 amide bonds. The van der Waals surface area contributed by atoms with Crippen molar-refractivity contribution in [1.29, 1.82) is 0 Å². The predicted molar refractivity (Wildman–Crippen MR) is 87.8 cm³/mol. The van der Waals surface area contributed by atoms with Gasteiger partial charge in [0.05, 0.1) is 0 Å². The van der Waals surface area contributed by atoms with Gasteiger partial charge in [0.25, 0.3) is 0 Å². The number of nitrogens with zero attached hydrogens (tertiary/aromatic N) is 1. The summed E-state index contributed by atoms with van der Waals surface area (Å²) >= 11 is 0. The third-order valence-corrected chi connectivity index (χ3v) is 2.93. The molecule has 1 aromatic rings. The summed E-state index contributed by atoms with van der Waals surface area (Å²) in [6.45, 7) is 7.89. The normalized spacial score (nSPS) is 10.3. The maximum absolute atomic E-state index is 9.10. The summed E-state index contributed by atoms with van der Waals surface area (Å²) in [4.78, 5) is 20.7. The highest BCUT2D eigenvalue weighted by atomic mass is 16.4. The molecule has 0 spiro atoms. The van der Waals surface area contributed by atoms with Crippen molar-refractivity contribution in [2.45, 2.75) is 26.7 Å². The van der Waals surface area contributed by atoms with E-state index in [0.29, 0.717) is 0 Å². The lowest BCUT2D eigenvalue weighted by atomic mass is 10.2. The van der Waals surface area contributed by atoms with E-state index < -0.39 is 11.9 Å². The average Bonchev–Trinajstić information content (AvgIpc) is 2.52. The van der Waals surface area contributed by atoms with Crippen molar-refractivity contribution in [1.82, 2.24) is 4.90 Å². The lowest BCUT2D eigenvalue weighted by Gasteiger charge is -2.17. The number of aliphatic carboxylic acids is 2. The zero-order valence-corrected chi connectivity index (χ0v) is 13.2. The average molecular weight is 307 g/mol. The number of likely N-dealkylation sites (N-methyl/N-ethyl adjacent to an activating group) is 1. The number of unbranched alkanes of at least 4 members (excludes halogenated alkanes) is 1. The lowest BCUT2D eigenvalue weighted by molar-refractivity contribution is -0.159. The van der Waals surface area contributed by atoms with E-state index in [0.717, 1.165) is 13.1 Å². The fourth-order valence-electron chi connectivity index (χ4n) is 1.66. The maximum atomic E-state index is 9.10. The summed E-state index contributed by atoms with van der Waals surface area (Å²) in [7, 11) is 0. The van der Waals surface area contributed by atoms with Gasteiger partial charge in [-0.3, -0.25) is 4.90 Å². The summed E-state index contributed by atoms with van der Waals surface area (Å²) in [5.74, 6) is -3.65. The van der Waals surface area contributed by atoms with Crippen LogP contribution in [0.25, 0.3) is 6.08 Å². The number of hydrogen-bond donors (Lipinski definition) is 2. The van der Waals surface area contributed by atoms with Crippen LogP contribution >= 0.6 is 0 Å². The first-order valence-electron chi connectivity index (χ1n) is 7.41. The SMILES string of the molecule is CCCCN(CC)C/C=C/c1ccccc1.O=C(O)C(=O)O. The van der Waals surface area contributed by atoms with Gasteiger partial charge in [-0.25, -0.2) is 9.59 Å². The third kappa shape index (κ3) is 10.6. The van der Waals surface area contributed by atoms with Gasteiger partial charge in [0, 0.05) is 6.54 Å². The molecular formula is C17H25NO4. The molecule has 0 saturated carbocycles. The zero-order chi connectivity index (χ0) is 16.8. The number of hydrogen-bond acceptors (Lipinski definition) is 3. The summed E-state index contributed by atoms with van der Waals surface area (Å²) in [6, 6.07) is 10.5. The number of carboxylic acid groups (broad SMARTS) is 2. The molecule has 0 saturated heterocycles. The molecule has 2 N–H and O–H groups in total. The maximum Gasteiger partial charge on any atom is 0.414 e. The minimum absolute atomic E-state index is 1.06. The van der Waals surface area contributed by atoms with Crippen molar-refractivity contribution in [2.24, 2.45) is 0 Å². The fraction of sp³-hybridized carbons (Fsp3) is 0.412. The van der Waals surface area contributed by atoms with Crippen LogP contribution in [0.4, 0.5) is 0 Å². The molecule has 0 aliphatic carbocycles. The van der Waals surface area contributed by atoms with E-state index in [2.05, 4.69) is 61.2 Å². The first-order valence-corrected chi connectivity index (χ1v) is 7.41. The van der Waals surface area contributed by atoms with Crippen molar-refractivity contribution in [3.05, 3.63) is 42.0 Å².